The molecule has 0 unspecified atom stereocenters. The molecule has 0 aromatic carbocycles. The summed E-state index contributed by atoms with van der Waals surface area (Å²) in [6.07, 6.45) is 2.90. The molecule has 1 aromatic heterocycles. The number of carbonyl (C=O) groups excluding carboxylic acids is 1. The van der Waals surface area contributed by atoms with Crippen LogP contribution in [0.2, 0.25) is 0 Å². The van der Waals surface area contributed by atoms with Crippen molar-refractivity contribution in [1.29, 1.82) is 0 Å². The minimum absolute atomic E-state index is 0.500. The van der Waals surface area contributed by atoms with Crippen LogP contribution in [0.3, 0.4) is 0 Å². The van der Waals surface area contributed by atoms with Gasteiger partial charge in [0.15, 0.2) is 5.82 Å². The largest absolute Gasteiger partial charge is 0.361 e. The first-order valence-electron chi connectivity index (χ1n) is 3.65. The lowest BCUT2D eigenvalue weighted by Gasteiger charge is -2.14. The first-order valence-corrected chi connectivity index (χ1v) is 3.65. The maximum atomic E-state index is 10.6. The van der Waals surface area contributed by atoms with E-state index in [1.54, 1.807) is 4.90 Å². The molecule has 13 heavy (non-hydrogen) atoms. The Morgan fingerprint density at radius 1 is 1.62 bits per heavy atom. The summed E-state index contributed by atoms with van der Waals surface area (Å²) in [4.78, 5) is 20.1. The second-order valence-corrected chi connectivity index (χ2v) is 2.64. The highest BCUT2D eigenvalue weighted by Crippen LogP contribution is 2.18. The van der Waals surface area contributed by atoms with Gasteiger partial charge in [-0.15, -0.1) is 0 Å². The van der Waals surface area contributed by atoms with Crippen LogP contribution in [0.15, 0.2) is 12.5 Å². The standard InChI is InChI=1S/C7H11N5O/c1-12(2)6-5(11-7(8)13)3-9-4-10-6/h3-4H,1-2H3,(H3,8,11,13). The number of anilines is 2. The Kier molecular flexibility index (Phi) is 2.63. The van der Waals surface area contributed by atoms with Crippen molar-refractivity contribution in [2.24, 2.45) is 5.73 Å². The smallest absolute Gasteiger partial charge is 0.316 e. The third-order valence-corrected chi connectivity index (χ3v) is 1.37. The third kappa shape index (κ3) is 2.29. The van der Waals surface area contributed by atoms with E-state index >= 15 is 0 Å². The zero-order valence-electron chi connectivity index (χ0n) is 7.48. The van der Waals surface area contributed by atoms with Gasteiger partial charge in [0, 0.05) is 14.1 Å². The number of nitrogens with one attached hydrogen (secondary N) is 1. The number of hydrogen-bond acceptors (Lipinski definition) is 4. The van der Waals surface area contributed by atoms with Crippen LogP contribution >= 0.6 is 0 Å². The monoisotopic (exact) mass is 181 g/mol. The van der Waals surface area contributed by atoms with Crippen LogP contribution in [0, 0.1) is 0 Å². The fraction of sp³-hybridized carbons (Fsp3) is 0.286. The van der Waals surface area contributed by atoms with Gasteiger partial charge in [-0.1, -0.05) is 0 Å². The van der Waals surface area contributed by atoms with Crippen LogP contribution in [0.4, 0.5) is 16.3 Å². The molecule has 6 nitrogen and oxygen atoms in total. The van der Waals surface area contributed by atoms with Gasteiger partial charge in [-0.3, -0.25) is 0 Å². The highest BCUT2D eigenvalue weighted by atomic mass is 16.2. The summed E-state index contributed by atoms with van der Waals surface area (Å²) in [6.45, 7) is 0. The summed E-state index contributed by atoms with van der Waals surface area (Å²) >= 11 is 0. The molecule has 1 rings (SSSR count). The SMILES string of the molecule is CN(C)c1ncncc1NC(N)=O. The summed E-state index contributed by atoms with van der Waals surface area (Å²) in [5.41, 5.74) is 5.47. The van der Waals surface area contributed by atoms with Crippen LogP contribution in [-0.2, 0) is 0 Å². The van der Waals surface area contributed by atoms with Crippen molar-refractivity contribution in [3.63, 3.8) is 0 Å². The lowest BCUT2D eigenvalue weighted by atomic mass is 10.4. The second kappa shape index (κ2) is 3.70. The first kappa shape index (κ1) is 9.24. The van der Waals surface area contributed by atoms with Crippen LogP contribution in [0.1, 0.15) is 0 Å². The molecule has 0 aliphatic heterocycles. The van der Waals surface area contributed by atoms with Crippen molar-refractivity contribution in [2.45, 2.75) is 0 Å². The number of nitrogens with two attached hydrogens (primary N) is 1. The Hall–Kier alpha value is -1.85. The van der Waals surface area contributed by atoms with Gasteiger partial charge in [0.1, 0.15) is 12.0 Å². The topological polar surface area (TPSA) is 84.1 Å². The maximum absolute atomic E-state index is 10.6. The van der Waals surface area contributed by atoms with E-state index in [2.05, 4.69) is 15.3 Å². The Bertz CT molecular complexity index is 312. The minimum Gasteiger partial charge on any atom is -0.361 e. The second-order valence-electron chi connectivity index (χ2n) is 2.64. The van der Waals surface area contributed by atoms with Crippen molar-refractivity contribution in [3.8, 4) is 0 Å². The summed E-state index contributed by atoms with van der Waals surface area (Å²) in [7, 11) is 3.63. The number of urea groups is 1. The molecule has 6 heteroatoms. The van der Waals surface area contributed by atoms with E-state index in [1.165, 1.54) is 12.5 Å². The molecule has 0 spiro atoms. The number of aromatic nitrogens is 2. The van der Waals surface area contributed by atoms with Gasteiger partial charge in [0.2, 0.25) is 0 Å². The van der Waals surface area contributed by atoms with E-state index in [9.17, 15) is 4.79 Å². The highest BCUT2D eigenvalue weighted by Gasteiger charge is 2.06. The molecule has 0 radical (unpaired) electrons. The molecular formula is C7H11N5O. The van der Waals surface area contributed by atoms with Crippen molar-refractivity contribution in [1.82, 2.24) is 9.97 Å². The van der Waals surface area contributed by atoms with Crippen molar-refractivity contribution >= 4 is 17.5 Å². The third-order valence-electron chi connectivity index (χ3n) is 1.37. The van der Waals surface area contributed by atoms with Gasteiger partial charge in [0.05, 0.1) is 6.20 Å². The van der Waals surface area contributed by atoms with Gasteiger partial charge in [-0.25, -0.2) is 14.8 Å². The van der Waals surface area contributed by atoms with Crippen molar-refractivity contribution in [3.05, 3.63) is 12.5 Å². The number of rotatable bonds is 2. The van der Waals surface area contributed by atoms with Crippen LogP contribution in [-0.4, -0.2) is 30.1 Å². The normalized spacial score (nSPS) is 9.38. The fourth-order valence-corrected chi connectivity index (χ4v) is 0.900. The highest BCUT2D eigenvalue weighted by molar-refractivity contribution is 5.90. The van der Waals surface area contributed by atoms with Gasteiger partial charge in [-0.05, 0) is 0 Å². The molecule has 0 bridgehead atoms. The molecule has 3 N–H and O–H groups in total. The fourth-order valence-electron chi connectivity index (χ4n) is 0.900. The van der Waals surface area contributed by atoms with Crippen LogP contribution in [0.25, 0.3) is 0 Å². The van der Waals surface area contributed by atoms with E-state index in [1.807, 2.05) is 14.1 Å². The number of primary amides is 1. The molecule has 1 heterocycles. The van der Waals surface area contributed by atoms with Crippen LogP contribution < -0.4 is 16.0 Å². The maximum Gasteiger partial charge on any atom is 0.316 e. The molecule has 2 amide bonds. The molecule has 0 fully saturated rings. The Balaban J connectivity index is 2.97. The predicted molar refractivity (Wildman–Crippen MR) is 49.6 cm³/mol. The Morgan fingerprint density at radius 3 is 2.85 bits per heavy atom. The lowest BCUT2D eigenvalue weighted by Crippen LogP contribution is -2.22. The summed E-state index contributed by atoms with van der Waals surface area (Å²) in [5, 5.41) is 2.43. The van der Waals surface area contributed by atoms with Crippen LogP contribution in [0.5, 0.6) is 0 Å². The number of hydrogen-bond donors (Lipinski definition) is 2. The zero-order valence-corrected chi connectivity index (χ0v) is 7.48. The average molecular weight is 181 g/mol. The van der Waals surface area contributed by atoms with Crippen molar-refractivity contribution in [2.75, 3.05) is 24.3 Å². The number of carbonyl (C=O) groups is 1. The van der Waals surface area contributed by atoms with Gasteiger partial charge < -0.3 is 16.0 Å². The molecule has 0 aliphatic rings. The minimum atomic E-state index is -0.627. The number of nitrogens with zero attached hydrogens (tertiary/aromatic N) is 3. The summed E-state index contributed by atoms with van der Waals surface area (Å²) in [5.74, 6) is 0.619. The van der Waals surface area contributed by atoms with E-state index in [0.717, 1.165) is 0 Å². The van der Waals surface area contributed by atoms with E-state index in [4.69, 9.17) is 5.73 Å². The zero-order chi connectivity index (χ0) is 9.84. The lowest BCUT2D eigenvalue weighted by molar-refractivity contribution is 0.259. The molecule has 0 saturated heterocycles. The molecular weight excluding hydrogens is 170 g/mol. The molecule has 0 aliphatic carbocycles. The van der Waals surface area contributed by atoms with Gasteiger partial charge in [-0.2, -0.15) is 0 Å². The summed E-state index contributed by atoms with van der Waals surface area (Å²) in [6, 6.07) is -0.627. The van der Waals surface area contributed by atoms with Gasteiger partial charge >= 0.3 is 6.03 Å². The Labute approximate surface area is 75.8 Å². The van der Waals surface area contributed by atoms with E-state index in [-0.39, 0.29) is 0 Å². The van der Waals surface area contributed by atoms with Gasteiger partial charge in [0.25, 0.3) is 0 Å². The summed E-state index contributed by atoms with van der Waals surface area (Å²) < 4.78 is 0. The van der Waals surface area contributed by atoms with E-state index < -0.39 is 6.03 Å². The quantitative estimate of drug-likeness (QED) is 0.674. The molecule has 0 atom stereocenters. The molecule has 1 aromatic rings. The number of amides is 2. The average Bonchev–Trinajstić information content (AvgIpc) is 2.03. The Morgan fingerprint density at radius 2 is 2.31 bits per heavy atom. The van der Waals surface area contributed by atoms with E-state index in [0.29, 0.717) is 11.5 Å². The molecule has 70 valence electrons. The molecule has 0 saturated carbocycles. The van der Waals surface area contributed by atoms with Crippen molar-refractivity contribution < 1.29 is 4.79 Å². The predicted octanol–water partition coefficient (Wildman–Crippen LogP) is 0.0332. The first-order chi connectivity index (χ1) is 6.11.